The van der Waals surface area contributed by atoms with E-state index in [0.29, 0.717) is 12.6 Å². The van der Waals surface area contributed by atoms with Gasteiger partial charge in [0.2, 0.25) is 0 Å². The highest BCUT2D eigenvalue weighted by Crippen LogP contribution is 2.34. The lowest BCUT2D eigenvalue weighted by molar-refractivity contribution is 0.181. The number of hydrogen-bond acceptors (Lipinski definition) is 3. The van der Waals surface area contributed by atoms with Crippen molar-refractivity contribution in [2.45, 2.75) is 45.2 Å². The van der Waals surface area contributed by atoms with Gasteiger partial charge in [0.05, 0.1) is 12.2 Å². The fourth-order valence-electron chi connectivity index (χ4n) is 2.48. The van der Waals surface area contributed by atoms with E-state index in [2.05, 4.69) is 30.0 Å². The van der Waals surface area contributed by atoms with Crippen molar-refractivity contribution in [3.05, 3.63) is 18.0 Å². The van der Waals surface area contributed by atoms with E-state index >= 15 is 0 Å². The minimum Gasteiger partial charge on any atom is -0.329 e. The molecule has 0 saturated heterocycles. The van der Waals surface area contributed by atoms with Crippen LogP contribution in [0.1, 0.15) is 44.7 Å². The zero-order chi connectivity index (χ0) is 13.1. The van der Waals surface area contributed by atoms with Crippen molar-refractivity contribution in [1.29, 1.82) is 0 Å². The van der Waals surface area contributed by atoms with Gasteiger partial charge in [0, 0.05) is 31.4 Å². The standard InChI is InChI=1S/C14H26N4/c1-11(2)6-7-18(13-4-5-13)14(8-15)12-9-16-17(3)10-12/h9-11,13-14H,4-8,15H2,1-3H3. The van der Waals surface area contributed by atoms with Gasteiger partial charge in [0.15, 0.2) is 0 Å². The molecule has 0 spiro atoms. The summed E-state index contributed by atoms with van der Waals surface area (Å²) in [5, 5.41) is 4.28. The second-order valence-corrected chi connectivity index (χ2v) is 5.85. The van der Waals surface area contributed by atoms with Crippen molar-refractivity contribution < 1.29 is 0 Å². The van der Waals surface area contributed by atoms with Crippen LogP contribution >= 0.6 is 0 Å². The first-order valence-corrected chi connectivity index (χ1v) is 7.06. The van der Waals surface area contributed by atoms with Gasteiger partial charge in [-0.2, -0.15) is 5.10 Å². The molecule has 0 radical (unpaired) electrons. The molecule has 0 aliphatic heterocycles. The van der Waals surface area contributed by atoms with Gasteiger partial charge in [-0.15, -0.1) is 0 Å². The number of nitrogens with two attached hydrogens (primary N) is 1. The Bertz CT molecular complexity index is 368. The first-order valence-electron chi connectivity index (χ1n) is 7.06. The number of aryl methyl sites for hydroxylation is 1. The van der Waals surface area contributed by atoms with E-state index < -0.39 is 0 Å². The van der Waals surface area contributed by atoms with Gasteiger partial charge >= 0.3 is 0 Å². The summed E-state index contributed by atoms with van der Waals surface area (Å²) in [6.45, 7) is 6.40. The molecule has 1 heterocycles. The summed E-state index contributed by atoms with van der Waals surface area (Å²) in [5.41, 5.74) is 7.27. The molecular weight excluding hydrogens is 224 g/mol. The average Bonchev–Trinajstić information content (AvgIpc) is 3.07. The van der Waals surface area contributed by atoms with Gasteiger partial charge in [0.25, 0.3) is 0 Å². The van der Waals surface area contributed by atoms with Gasteiger partial charge in [-0.05, 0) is 31.7 Å². The second kappa shape index (κ2) is 5.85. The van der Waals surface area contributed by atoms with E-state index in [1.54, 1.807) is 0 Å². The molecule has 4 nitrogen and oxygen atoms in total. The predicted molar refractivity (Wildman–Crippen MR) is 74.2 cm³/mol. The summed E-state index contributed by atoms with van der Waals surface area (Å²) in [5.74, 6) is 0.749. The predicted octanol–water partition coefficient (Wildman–Crippen LogP) is 1.93. The van der Waals surface area contributed by atoms with Crippen LogP contribution in [0.15, 0.2) is 12.4 Å². The first kappa shape index (κ1) is 13.6. The zero-order valence-corrected chi connectivity index (χ0v) is 11.8. The molecular formula is C14H26N4. The molecule has 18 heavy (non-hydrogen) atoms. The summed E-state index contributed by atoms with van der Waals surface area (Å²) >= 11 is 0. The van der Waals surface area contributed by atoms with Gasteiger partial charge in [-0.1, -0.05) is 13.8 Å². The Balaban J connectivity index is 2.06. The molecule has 0 bridgehead atoms. The van der Waals surface area contributed by atoms with Gasteiger partial charge < -0.3 is 5.73 Å². The molecule has 102 valence electrons. The van der Waals surface area contributed by atoms with E-state index in [1.165, 1.54) is 24.8 Å². The van der Waals surface area contributed by atoms with Crippen LogP contribution in [-0.2, 0) is 7.05 Å². The Kier molecular flexibility index (Phi) is 4.40. The molecule has 1 saturated carbocycles. The van der Waals surface area contributed by atoms with Crippen LogP contribution in [0, 0.1) is 5.92 Å². The fraction of sp³-hybridized carbons (Fsp3) is 0.786. The summed E-state index contributed by atoms with van der Waals surface area (Å²) in [4.78, 5) is 2.59. The van der Waals surface area contributed by atoms with Gasteiger partial charge in [-0.25, -0.2) is 0 Å². The Labute approximate surface area is 110 Å². The molecule has 1 fully saturated rings. The van der Waals surface area contributed by atoms with Crippen molar-refractivity contribution in [1.82, 2.24) is 14.7 Å². The van der Waals surface area contributed by atoms with Crippen molar-refractivity contribution in [3.8, 4) is 0 Å². The Morgan fingerprint density at radius 1 is 1.50 bits per heavy atom. The van der Waals surface area contributed by atoms with Gasteiger partial charge in [0.1, 0.15) is 0 Å². The molecule has 0 amide bonds. The van der Waals surface area contributed by atoms with Crippen molar-refractivity contribution in [2.24, 2.45) is 18.7 Å². The van der Waals surface area contributed by atoms with Gasteiger partial charge in [-0.3, -0.25) is 9.58 Å². The number of hydrogen-bond donors (Lipinski definition) is 1. The minimum atomic E-state index is 0.338. The Hall–Kier alpha value is -0.870. The quantitative estimate of drug-likeness (QED) is 0.804. The van der Waals surface area contributed by atoms with E-state index in [4.69, 9.17) is 5.73 Å². The molecule has 1 aliphatic carbocycles. The molecule has 1 unspecified atom stereocenters. The summed E-state index contributed by atoms with van der Waals surface area (Å²) in [7, 11) is 1.96. The molecule has 0 aromatic carbocycles. The lowest BCUT2D eigenvalue weighted by Gasteiger charge is -2.31. The molecule has 2 rings (SSSR count). The third kappa shape index (κ3) is 3.33. The number of rotatable bonds is 7. The maximum absolute atomic E-state index is 6.01. The maximum atomic E-state index is 6.01. The SMILES string of the molecule is CC(C)CCN(C1CC1)C(CN)c1cnn(C)c1. The summed E-state index contributed by atoms with van der Waals surface area (Å²) in [6, 6.07) is 1.09. The summed E-state index contributed by atoms with van der Waals surface area (Å²) in [6.07, 6.45) is 7.96. The van der Waals surface area contributed by atoms with E-state index in [1.807, 2.05) is 17.9 Å². The monoisotopic (exact) mass is 250 g/mol. The highest BCUT2D eigenvalue weighted by Gasteiger charge is 2.34. The molecule has 4 heteroatoms. The Morgan fingerprint density at radius 3 is 2.67 bits per heavy atom. The lowest BCUT2D eigenvalue weighted by atomic mass is 10.1. The largest absolute Gasteiger partial charge is 0.329 e. The molecule has 1 aliphatic rings. The molecule has 1 aromatic heterocycles. The van der Waals surface area contributed by atoms with E-state index in [-0.39, 0.29) is 0 Å². The van der Waals surface area contributed by atoms with Crippen molar-refractivity contribution >= 4 is 0 Å². The lowest BCUT2D eigenvalue weighted by Crippen LogP contribution is -2.36. The summed E-state index contributed by atoms with van der Waals surface area (Å²) < 4.78 is 1.87. The number of aromatic nitrogens is 2. The Morgan fingerprint density at radius 2 is 2.22 bits per heavy atom. The van der Waals surface area contributed by atoms with E-state index in [0.717, 1.165) is 18.5 Å². The van der Waals surface area contributed by atoms with E-state index in [9.17, 15) is 0 Å². The minimum absolute atomic E-state index is 0.338. The molecule has 2 N–H and O–H groups in total. The topological polar surface area (TPSA) is 47.1 Å². The smallest absolute Gasteiger partial charge is 0.0538 e. The third-order valence-corrected chi connectivity index (χ3v) is 3.71. The van der Waals surface area contributed by atoms with Crippen LogP contribution in [0.25, 0.3) is 0 Å². The van der Waals surface area contributed by atoms with Crippen molar-refractivity contribution in [2.75, 3.05) is 13.1 Å². The fourth-order valence-corrected chi connectivity index (χ4v) is 2.48. The van der Waals surface area contributed by atoms with Crippen molar-refractivity contribution in [3.63, 3.8) is 0 Å². The van der Waals surface area contributed by atoms with Crippen LogP contribution in [0.3, 0.4) is 0 Å². The van der Waals surface area contributed by atoms with Crippen LogP contribution in [-0.4, -0.2) is 33.8 Å². The highest BCUT2D eigenvalue weighted by atomic mass is 15.3. The molecule has 1 atom stereocenters. The number of nitrogens with zero attached hydrogens (tertiary/aromatic N) is 3. The van der Waals surface area contributed by atoms with Crippen LogP contribution in [0.5, 0.6) is 0 Å². The highest BCUT2D eigenvalue weighted by molar-refractivity contribution is 5.12. The molecule has 1 aromatic rings. The third-order valence-electron chi connectivity index (χ3n) is 3.71. The maximum Gasteiger partial charge on any atom is 0.0538 e. The normalized spacial score (nSPS) is 17.7. The first-order chi connectivity index (χ1) is 8.61. The van der Waals surface area contributed by atoms with Crippen LogP contribution in [0.4, 0.5) is 0 Å². The zero-order valence-electron chi connectivity index (χ0n) is 11.8. The average molecular weight is 250 g/mol. The van der Waals surface area contributed by atoms with Crippen LogP contribution in [0.2, 0.25) is 0 Å². The second-order valence-electron chi connectivity index (χ2n) is 5.85. The van der Waals surface area contributed by atoms with Crippen LogP contribution < -0.4 is 5.73 Å².